The average Bonchev–Trinajstić information content (AvgIpc) is 2.60. The number of hydrogen-bond donors (Lipinski definition) is 0. The predicted octanol–water partition coefficient (Wildman–Crippen LogP) is 6.45. The van der Waals surface area contributed by atoms with Crippen molar-refractivity contribution in [2.45, 2.75) is 52.4 Å². The van der Waals surface area contributed by atoms with Gasteiger partial charge >= 0.3 is 0 Å². The summed E-state index contributed by atoms with van der Waals surface area (Å²) in [6, 6.07) is 16.6. The minimum absolute atomic E-state index is 0.106. The van der Waals surface area contributed by atoms with Crippen molar-refractivity contribution >= 4 is 11.6 Å². The molecule has 0 fully saturated rings. The number of rotatable bonds is 2. The van der Waals surface area contributed by atoms with Gasteiger partial charge in [-0.1, -0.05) is 90.1 Å². The molecule has 0 aliphatic carbocycles. The lowest BCUT2D eigenvalue weighted by Gasteiger charge is -2.19. The molecule has 0 aliphatic heterocycles. The van der Waals surface area contributed by atoms with Gasteiger partial charge in [0, 0.05) is 11.1 Å². The molecule has 0 N–H and O–H groups in total. The van der Waals surface area contributed by atoms with Crippen LogP contribution in [0.25, 0.3) is 22.8 Å². The second kappa shape index (κ2) is 7.05. The maximum atomic E-state index is 6.20. The molecular formula is C23H26ClN3. The van der Waals surface area contributed by atoms with E-state index in [1.807, 2.05) is 24.3 Å². The topological polar surface area (TPSA) is 38.7 Å². The van der Waals surface area contributed by atoms with Crippen LogP contribution in [-0.4, -0.2) is 15.0 Å². The van der Waals surface area contributed by atoms with E-state index in [4.69, 9.17) is 11.6 Å². The van der Waals surface area contributed by atoms with Crippen LogP contribution in [0, 0.1) is 0 Å². The zero-order valence-electron chi connectivity index (χ0n) is 16.8. The normalized spacial score (nSPS) is 12.3. The molecule has 0 aliphatic rings. The number of nitrogens with zero attached hydrogens (tertiary/aromatic N) is 3. The van der Waals surface area contributed by atoms with Gasteiger partial charge in [0.25, 0.3) is 0 Å². The molecule has 1 heterocycles. The lowest BCUT2D eigenvalue weighted by molar-refractivity contribution is 0.590. The van der Waals surface area contributed by atoms with Crippen LogP contribution in [0.4, 0.5) is 0 Å². The fraction of sp³-hybridized carbons (Fsp3) is 0.348. The fourth-order valence-corrected chi connectivity index (χ4v) is 3.01. The molecular weight excluding hydrogens is 354 g/mol. The lowest BCUT2D eigenvalue weighted by atomic mass is 9.86. The van der Waals surface area contributed by atoms with Crippen molar-refractivity contribution < 1.29 is 0 Å². The summed E-state index contributed by atoms with van der Waals surface area (Å²) in [5.74, 6) is 1.18. The molecule has 140 valence electrons. The second-order valence-corrected chi connectivity index (χ2v) is 9.24. The van der Waals surface area contributed by atoms with Gasteiger partial charge in [0.15, 0.2) is 11.6 Å². The van der Waals surface area contributed by atoms with Gasteiger partial charge in [-0.05, 0) is 33.6 Å². The number of hydrogen-bond acceptors (Lipinski definition) is 3. The third kappa shape index (κ3) is 4.54. The van der Waals surface area contributed by atoms with E-state index in [0.29, 0.717) is 11.6 Å². The minimum Gasteiger partial charge on any atom is -0.208 e. The molecule has 4 heteroatoms. The lowest BCUT2D eigenvalue weighted by Crippen LogP contribution is -2.10. The molecule has 0 saturated heterocycles. The quantitative estimate of drug-likeness (QED) is 0.513. The average molecular weight is 380 g/mol. The van der Waals surface area contributed by atoms with Gasteiger partial charge in [0.05, 0.1) is 0 Å². The van der Waals surface area contributed by atoms with E-state index < -0.39 is 0 Å². The van der Waals surface area contributed by atoms with Crippen LogP contribution in [0.1, 0.15) is 52.7 Å². The molecule has 27 heavy (non-hydrogen) atoms. The molecule has 0 unspecified atom stereocenters. The van der Waals surface area contributed by atoms with E-state index in [2.05, 4.69) is 80.8 Å². The number of benzene rings is 2. The Hall–Kier alpha value is -2.26. The van der Waals surface area contributed by atoms with E-state index in [9.17, 15) is 0 Å². The Morgan fingerprint density at radius 1 is 0.556 bits per heavy atom. The molecule has 3 aromatic rings. The molecule has 1 aromatic heterocycles. The fourth-order valence-electron chi connectivity index (χ4n) is 2.85. The van der Waals surface area contributed by atoms with Gasteiger partial charge in [-0.25, -0.2) is 4.98 Å². The third-order valence-electron chi connectivity index (χ3n) is 4.63. The van der Waals surface area contributed by atoms with Crippen LogP contribution in [0.3, 0.4) is 0 Å². The Morgan fingerprint density at radius 2 is 0.889 bits per heavy atom. The summed E-state index contributed by atoms with van der Waals surface area (Å²) in [4.78, 5) is 13.3. The second-order valence-electron chi connectivity index (χ2n) is 8.91. The highest BCUT2D eigenvalue weighted by Crippen LogP contribution is 2.28. The molecule has 0 amide bonds. The van der Waals surface area contributed by atoms with Crippen molar-refractivity contribution in [1.29, 1.82) is 0 Å². The van der Waals surface area contributed by atoms with E-state index in [-0.39, 0.29) is 16.1 Å². The first-order valence-electron chi connectivity index (χ1n) is 9.17. The van der Waals surface area contributed by atoms with E-state index >= 15 is 0 Å². The van der Waals surface area contributed by atoms with Crippen molar-refractivity contribution in [3.63, 3.8) is 0 Å². The zero-order chi connectivity index (χ0) is 19.8. The summed E-state index contributed by atoms with van der Waals surface area (Å²) >= 11 is 6.20. The largest absolute Gasteiger partial charge is 0.226 e. The maximum absolute atomic E-state index is 6.20. The van der Waals surface area contributed by atoms with Crippen LogP contribution in [0.2, 0.25) is 5.28 Å². The third-order valence-corrected chi connectivity index (χ3v) is 4.80. The van der Waals surface area contributed by atoms with Crippen molar-refractivity contribution in [1.82, 2.24) is 15.0 Å². The summed E-state index contributed by atoms with van der Waals surface area (Å²) in [5, 5.41) is 0.204. The first-order valence-corrected chi connectivity index (χ1v) is 9.55. The standard InChI is InChI=1S/C23H26ClN3/c1-22(2,3)17-11-7-15(8-12-17)19-25-20(27-21(24)26-19)16-9-13-18(14-10-16)23(4,5)6/h7-14H,1-6H3. The SMILES string of the molecule is CC(C)(C)c1ccc(-c2nc(Cl)nc(-c3ccc(C(C)(C)C)cc3)n2)cc1. The smallest absolute Gasteiger partial charge is 0.208 e. The molecule has 0 atom stereocenters. The summed E-state index contributed by atoms with van der Waals surface area (Å²) < 4.78 is 0. The van der Waals surface area contributed by atoms with Crippen LogP contribution in [-0.2, 0) is 10.8 Å². The number of aromatic nitrogens is 3. The van der Waals surface area contributed by atoms with Crippen LogP contribution in [0.5, 0.6) is 0 Å². The Balaban J connectivity index is 1.97. The monoisotopic (exact) mass is 379 g/mol. The Morgan fingerprint density at radius 3 is 1.19 bits per heavy atom. The highest BCUT2D eigenvalue weighted by molar-refractivity contribution is 6.28. The number of halogens is 1. The van der Waals surface area contributed by atoms with Crippen molar-refractivity contribution in [2.75, 3.05) is 0 Å². The molecule has 0 spiro atoms. The Bertz CT molecular complexity index is 856. The van der Waals surface area contributed by atoms with E-state index in [0.717, 1.165) is 11.1 Å². The zero-order valence-corrected chi connectivity index (χ0v) is 17.6. The molecule has 0 saturated carbocycles. The van der Waals surface area contributed by atoms with Crippen molar-refractivity contribution in [3.8, 4) is 22.8 Å². The van der Waals surface area contributed by atoms with Gasteiger partial charge in [-0.15, -0.1) is 0 Å². The highest BCUT2D eigenvalue weighted by atomic mass is 35.5. The molecule has 0 radical (unpaired) electrons. The molecule has 3 nitrogen and oxygen atoms in total. The highest BCUT2D eigenvalue weighted by Gasteiger charge is 2.16. The van der Waals surface area contributed by atoms with E-state index in [1.165, 1.54) is 11.1 Å². The predicted molar refractivity (Wildman–Crippen MR) is 113 cm³/mol. The summed E-state index contributed by atoms with van der Waals surface area (Å²) in [7, 11) is 0. The van der Waals surface area contributed by atoms with Crippen molar-refractivity contribution in [3.05, 3.63) is 64.9 Å². The van der Waals surface area contributed by atoms with Gasteiger partial charge < -0.3 is 0 Å². The van der Waals surface area contributed by atoms with Crippen LogP contribution in [0.15, 0.2) is 48.5 Å². The Labute approximate surface area is 166 Å². The molecule has 3 rings (SSSR count). The minimum atomic E-state index is 0.106. The maximum Gasteiger partial charge on any atom is 0.226 e. The molecule has 0 bridgehead atoms. The van der Waals surface area contributed by atoms with E-state index in [1.54, 1.807) is 0 Å². The van der Waals surface area contributed by atoms with Crippen molar-refractivity contribution in [2.24, 2.45) is 0 Å². The van der Waals surface area contributed by atoms with Crippen LogP contribution < -0.4 is 0 Å². The molecule has 2 aromatic carbocycles. The summed E-state index contributed by atoms with van der Waals surface area (Å²) in [5.41, 5.74) is 4.61. The summed E-state index contributed by atoms with van der Waals surface area (Å²) in [6.45, 7) is 13.2. The Kier molecular flexibility index (Phi) is 5.09. The van der Waals surface area contributed by atoms with Gasteiger partial charge in [0.1, 0.15) is 0 Å². The van der Waals surface area contributed by atoms with Gasteiger partial charge in [0.2, 0.25) is 5.28 Å². The first-order chi connectivity index (χ1) is 12.5. The van der Waals surface area contributed by atoms with Gasteiger partial charge in [-0.2, -0.15) is 9.97 Å². The van der Waals surface area contributed by atoms with Crippen LogP contribution >= 0.6 is 11.6 Å². The van der Waals surface area contributed by atoms with Gasteiger partial charge in [-0.3, -0.25) is 0 Å². The summed E-state index contributed by atoms with van der Waals surface area (Å²) in [6.07, 6.45) is 0. The first kappa shape index (κ1) is 19.5.